The fourth-order valence-electron chi connectivity index (χ4n) is 9.95. The normalized spacial score (nSPS) is 20.8. The van der Waals surface area contributed by atoms with Crippen LogP contribution >= 0.6 is 0 Å². The Bertz CT molecular complexity index is 2580. The number of benzene rings is 4. The third kappa shape index (κ3) is 12.7. The van der Waals surface area contributed by atoms with Crippen molar-refractivity contribution >= 4 is 36.2 Å². The maximum atomic E-state index is 13.4. The first kappa shape index (κ1) is 50.1. The van der Waals surface area contributed by atoms with E-state index >= 15 is 0 Å². The number of ether oxygens (including phenoxy) is 10. The van der Waals surface area contributed by atoms with Crippen LogP contribution in [0.15, 0.2) is 110 Å². The zero-order valence-electron chi connectivity index (χ0n) is 39.3. The van der Waals surface area contributed by atoms with E-state index in [9.17, 15) is 28.8 Å². The number of esters is 4. The summed E-state index contributed by atoms with van der Waals surface area (Å²) in [6.45, 7) is 7.27. The molecule has 4 aliphatic rings. The Balaban J connectivity index is 0.821. The van der Waals surface area contributed by atoms with Gasteiger partial charge in [-0.3, -0.25) is 9.59 Å². The number of carbonyl (C=O) groups excluding carboxylic acids is 6. The van der Waals surface area contributed by atoms with Crippen molar-refractivity contribution in [1.82, 2.24) is 0 Å². The van der Waals surface area contributed by atoms with E-state index in [0.29, 0.717) is 113 Å². The lowest BCUT2D eigenvalue weighted by molar-refractivity contribution is -0.157. The quantitative estimate of drug-likeness (QED) is 0.0228. The van der Waals surface area contributed by atoms with Gasteiger partial charge in [0.05, 0.1) is 37.3 Å². The predicted molar refractivity (Wildman–Crippen MR) is 253 cm³/mol. The molecular weight excluding hydrogens is 917 g/mol. The standard InChI is InChI=1S/C55H56O16/c1-3-47(56)63-33-7-32-62-39-16-12-37(13-17-39)51(58)66-41-20-24-43(25-21-41)68-53(60)70-45-10-5-8-35-28-30-55(49(35)45)31-29-36-9-6-11-46(50(36)55)71-54(61)69-44-26-22-42(23-27-44)67-52(59)38-14-18-40(19-15-38)64-34-65-48(57)4-2/h3-6,8-11,20-27,37-40H,1-2,7,12-19,28-34H2. The van der Waals surface area contributed by atoms with Crippen LogP contribution in [0.5, 0.6) is 34.5 Å². The van der Waals surface area contributed by atoms with Crippen LogP contribution < -0.4 is 28.4 Å². The van der Waals surface area contributed by atoms with Gasteiger partial charge in [-0.1, -0.05) is 37.4 Å². The van der Waals surface area contributed by atoms with Crippen LogP contribution in [0.25, 0.3) is 0 Å². The summed E-state index contributed by atoms with van der Waals surface area (Å²) in [5.41, 5.74) is 3.03. The van der Waals surface area contributed by atoms with E-state index in [1.807, 2.05) is 24.3 Å². The van der Waals surface area contributed by atoms with Gasteiger partial charge in [-0.25, -0.2) is 19.2 Å². The molecule has 0 radical (unpaired) electrons. The summed E-state index contributed by atoms with van der Waals surface area (Å²) in [6, 6.07) is 23.4. The topological polar surface area (TPSA) is 195 Å². The highest BCUT2D eigenvalue weighted by molar-refractivity contribution is 5.81. The molecule has 0 saturated heterocycles. The third-order valence-corrected chi connectivity index (χ3v) is 13.4. The third-order valence-electron chi connectivity index (χ3n) is 13.4. The lowest BCUT2D eigenvalue weighted by Crippen LogP contribution is -2.29. The SMILES string of the molecule is C=CC(=O)OCCCOC1CCC(C(=O)Oc2ccc(OC(=O)Oc3cccc4c3C3(CC4)CCc4cccc(OC(=O)Oc5ccc(OC(=O)C6CCC(OCOC(=O)C=C)CC6)cc5)c43)cc2)CC1. The van der Waals surface area contributed by atoms with Crippen LogP contribution in [-0.2, 0) is 56.4 Å². The van der Waals surface area contributed by atoms with Crippen molar-refractivity contribution < 1.29 is 76.1 Å². The Labute approximate surface area is 411 Å². The molecule has 0 bridgehead atoms. The van der Waals surface area contributed by atoms with Crippen molar-refractivity contribution in [2.45, 2.75) is 101 Å². The van der Waals surface area contributed by atoms with Crippen LogP contribution in [0, 0.1) is 11.8 Å². The van der Waals surface area contributed by atoms with Crippen molar-refractivity contribution in [1.29, 1.82) is 0 Å². The van der Waals surface area contributed by atoms with Crippen molar-refractivity contribution in [3.05, 3.63) is 132 Å². The fourth-order valence-corrected chi connectivity index (χ4v) is 9.95. The average Bonchev–Trinajstić information content (AvgIpc) is 3.96. The van der Waals surface area contributed by atoms with Gasteiger partial charge in [0.2, 0.25) is 0 Å². The molecule has 4 aliphatic carbocycles. The Morgan fingerprint density at radius 1 is 0.493 bits per heavy atom. The summed E-state index contributed by atoms with van der Waals surface area (Å²) in [6.07, 6.45) is 8.57. The molecule has 0 aliphatic heterocycles. The molecule has 0 aromatic heterocycles. The molecule has 0 N–H and O–H groups in total. The van der Waals surface area contributed by atoms with Crippen LogP contribution in [0.2, 0.25) is 0 Å². The smallest absolute Gasteiger partial charge is 0.462 e. The number of fused-ring (bicyclic) bond motifs is 4. The average molecular weight is 973 g/mol. The molecule has 4 aromatic rings. The van der Waals surface area contributed by atoms with Crippen LogP contribution in [0.4, 0.5) is 9.59 Å². The highest BCUT2D eigenvalue weighted by Gasteiger charge is 2.49. The van der Waals surface area contributed by atoms with Crippen LogP contribution in [0.1, 0.15) is 92.9 Å². The molecule has 1 unspecified atom stereocenters. The van der Waals surface area contributed by atoms with Crippen molar-refractivity contribution in [3.63, 3.8) is 0 Å². The summed E-state index contributed by atoms with van der Waals surface area (Å²) >= 11 is 0. The fraction of sp³-hybridized carbons (Fsp3) is 0.382. The first-order chi connectivity index (χ1) is 34.5. The summed E-state index contributed by atoms with van der Waals surface area (Å²) in [4.78, 5) is 75.1. The molecular formula is C55H56O16. The first-order valence-electron chi connectivity index (χ1n) is 24.0. The predicted octanol–water partition coefficient (Wildman–Crippen LogP) is 9.79. The molecule has 2 saturated carbocycles. The second-order valence-electron chi connectivity index (χ2n) is 17.9. The largest absolute Gasteiger partial charge is 0.519 e. The van der Waals surface area contributed by atoms with Crippen molar-refractivity contribution in [3.8, 4) is 34.5 Å². The molecule has 16 nitrogen and oxygen atoms in total. The van der Waals surface area contributed by atoms with E-state index in [1.165, 1.54) is 36.4 Å². The maximum Gasteiger partial charge on any atom is 0.519 e. The van der Waals surface area contributed by atoms with E-state index < -0.39 is 29.7 Å². The van der Waals surface area contributed by atoms with E-state index in [2.05, 4.69) is 13.2 Å². The summed E-state index contributed by atoms with van der Waals surface area (Å²) in [5.74, 6) is -0.660. The molecule has 0 amide bonds. The highest BCUT2D eigenvalue weighted by atomic mass is 16.7. The minimum Gasteiger partial charge on any atom is -0.462 e. The molecule has 4 aromatic carbocycles. The monoisotopic (exact) mass is 972 g/mol. The zero-order valence-corrected chi connectivity index (χ0v) is 39.3. The molecule has 8 rings (SSSR count). The second kappa shape index (κ2) is 23.5. The number of hydrogen-bond donors (Lipinski definition) is 0. The van der Waals surface area contributed by atoms with Gasteiger partial charge in [0.25, 0.3) is 0 Å². The minimum atomic E-state index is -0.955. The number of carbonyl (C=O) groups is 6. The van der Waals surface area contributed by atoms with Gasteiger partial charge in [-0.2, -0.15) is 0 Å². The summed E-state index contributed by atoms with van der Waals surface area (Å²) in [5, 5.41) is 0. The van der Waals surface area contributed by atoms with Gasteiger partial charge in [-0.15, -0.1) is 0 Å². The molecule has 2 fully saturated rings. The minimum absolute atomic E-state index is 0.0286. The van der Waals surface area contributed by atoms with Gasteiger partial charge in [-0.05, 0) is 149 Å². The van der Waals surface area contributed by atoms with Gasteiger partial charge < -0.3 is 47.4 Å². The first-order valence-corrected chi connectivity index (χ1v) is 24.0. The molecule has 71 heavy (non-hydrogen) atoms. The van der Waals surface area contributed by atoms with Gasteiger partial charge in [0, 0.05) is 35.1 Å². The van der Waals surface area contributed by atoms with E-state index in [0.717, 1.165) is 34.4 Å². The van der Waals surface area contributed by atoms with Crippen LogP contribution in [-0.4, -0.2) is 68.4 Å². The van der Waals surface area contributed by atoms with Crippen LogP contribution in [0.3, 0.4) is 0 Å². The Hall–Kier alpha value is -7.30. The molecule has 372 valence electrons. The Morgan fingerprint density at radius 3 is 1.37 bits per heavy atom. The van der Waals surface area contributed by atoms with Crippen molar-refractivity contribution in [2.24, 2.45) is 11.8 Å². The molecule has 16 heteroatoms. The lowest BCUT2D eigenvalue weighted by Gasteiger charge is -2.29. The lowest BCUT2D eigenvalue weighted by atomic mass is 9.76. The molecule has 1 atom stereocenters. The highest BCUT2D eigenvalue weighted by Crippen LogP contribution is 2.57. The number of rotatable bonds is 18. The van der Waals surface area contributed by atoms with Gasteiger partial charge in [0.1, 0.15) is 34.5 Å². The number of hydrogen-bond acceptors (Lipinski definition) is 16. The molecule has 1 spiro atoms. The van der Waals surface area contributed by atoms with E-state index in [-0.39, 0.29) is 60.9 Å². The zero-order chi connectivity index (χ0) is 49.7. The van der Waals surface area contributed by atoms with Gasteiger partial charge >= 0.3 is 36.2 Å². The molecule has 0 heterocycles. The summed E-state index contributed by atoms with van der Waals surface area (Å²) < 4.78 is 55.6. The van der Waals surface area contributed by atoms with E-state index in [1.54, 1.807) is 24.3 Å². The summed E-state index contributed by atoms with van der Waals surface area (Å²) in [7, 11) is 0. The number of aryl methyl sites for hydroxylation is 2. The van der Waals surface area contributed by atoms with E-state index in [4.69, 9.17) is 47.4 Å². The Morgan fingerprint density at radius 2 is 0.915 bits per heavy atom. The Kier molecular flexibility index (Phi) is 16.6. The maximum absolute atomic E-state index is 13.4. The van der Waals surface area contributed by atoms with Crippen molar-refractivity contribution in [2.75, 3.05) is 20.0 Å². The second-order valence-corrected chi connectivity index (χ2v) is 17.9. The van der Waals surface area contributed by atoms with Gasteiger partial charge in [0.15, 0.2) is 6.79 Å².